The minimum Gasteiger partial charge on any atom is -0.360 e. The summed E-state index contributed by atoms with van der Waals surface area (Å²) in [5, 5.41) is 14.9. The molecule has 5 nitrogen and oxygen atoms in total. The SMILES string of the molecule is Cn1nccc1CCNc1n[nH]c(=S)s1. The van der Waals surface area contributed by atoms with Crippen molar-refractivity contribution in [2.75, 3.05) is 11.9 Å². The molecule has 0 aliphatic carbocycles. The number of nitrogens with zero attached hydrogens (tertiary/aromatic N) is 3. The molecule has 2 aromatic rings. The fourth-order valence-corrected chi connectivity index (χ4v) is 2.06. The highest BCUT2D eigenvalue weighted by molar-refractivity contribution is 7.73. The molecule has 2 rings (SSSR count). The van der Waals surface area contributed by atoms with E-state index < -0.39 is 0 Å². The molecule has 7 heteroatoms. The van der Waals surface area contributed by atoms with Gasteiger partial charge in [-0.05, 0) is 18.3 Å². The van der Waals surface area contributed by atoms with E-state index >= 15 is 0 Å². The number of aromatic amines is 1. The molecule has 2 aromatic heterocycles. The van der Waals surface area contributed by atoms with Crippen molar-refractivity contribution in [1.29, 1.82) is 0 Å². The number of hydrogen-bond acceptors (Lipinski definition) is 5. The van der Waals surface area contributed by atoms with E-state index in [1.54, 1.807) is 6.20 Å². The summed E-state index contributed by atoms with van der Waals surface area (Å²) in [5.41, 5.74) is 1.20. The summed E-state index contributed by atoms with van der Waals surface area (Å²) in [5.74, 6) is 0. The van der Waals surface area contributed by atoms with Crippen LogP contribution in [0.5, 0.6) is 0 Å². The van der Waals surface area contributed by atoms with E-state index in [9.17, 15) is 0 Å². The molecule has 0 aliphatic rings. The maximum Gasteiger partial charge on any atom is 0.204 e. The van der Waals surface area contributed by atoms with Crippen LogP contribution in [0.3, 0.4) is 0 Å². The van der Waals surface area contributed by atoms with Gasteiger partial charge in [0, 0.05) is 31.9 Å². The molecule has 0 atom stereocenters. The van der Waals surface area contributed by atoms with Crippen molar-refractivity contribution < 1.29 is 0 Å². The van der Waals surface area contributed by atoms with Crippen LogP contribution in [0.4, 0.5) is 5.13 Å². The number of aromatic nitrogens is 4. The number of hydrogen-bond donors (Lipinski definition) is 2. The lowest BCUT2D eigenvalue weighted by molar-refractivity contribution is 0.711. The predicted octanol–water partition coefficient (Wildman–Crippen LogP) is 1.59. The molecule has 0 spiro atoms. The Morgan fingerprint density at radius 1 is 1.67 bits per heavy atom. The standard InChI is InChI=1S/C8H11N5S2/c1-13-6(3-5-10-13)2-4-9-7-11-12-8(14)15-7/h3,5H,2,4H2,1H3,(H,9,11)(H,12,14). The lowest BCUT2D eigenvalue weighted by Gasteiger charge is -2.02. The Kier molecular flexibility index (Phi) is 3.12. The third-order valence-electron chi connectivity index (χ3n) is 2.02. The van der Waals surface area contributed by atoms with Crippen molar-refractivity contribution in [3.8, 4) is 0 Å². The Morgan fingerprint density at radius 2 is 2.53 bits per heavy atom. The van der Waals surface area contributed by atoms with Crippen LogP contribution < -0.4 is 5.32 Å². The molecule has 2 N–H and O–H groups in total. The Hall–Kier alpha value is -1.21. The number of rotatable bonds is 4. The van der Waals surface area contributed by atoms with Crippen molar-refractivity contribution in [1.82, 2.24) is 20.0 Å². The van der Waals surface area contributed by atoms with Crippen LogP contribution in [0.2, 0.25) is 0 Å². The Bertz CT molecular complexity index is 483. The van der Waals surface area contributed by atoms with E-state index in [-0.39, 0.29) is 0 Å². The summed E-state index contributed by atoms with van der Waals surface area (Å²) in [6, 6.07) is 2.01. The highest BCUT2D eigenvalue weighted by atomic mass is 32.1. The molecule has 0 saturated carbocycles. The molecule has 15 heavy (non-hydrogen) atoms. The highest BCUT2D eigenvalue weighted by Crippen LogP contribution is 2.10. The number of nitrogens with one attached hydrogen (secondary N) is 2. The van der Waals surface area contributed by atoms with Crippen LogP contribution in [0.25, 0.3) is 0 Å². The maximum absolute atomic E-state index is 4.93. The first-order chi connectivity index (χ1) is 7.25. The molecule has 0 fully saturated rings. The molecule has 2 heterocycles. The fraction of sp³-hybridized carbons (Fsp3) is 0.375. The van der Waals surface area contributed by atoms with Crippen LogP contribution in [-0.4, -0.2) is 26.5 Å². The Morgan fingerprint density at radius 3 is 3.13 bits per heavy atom. The monoisotopic (exact) mass is 241 g/mol. The van der Waals surface area contributed by atoms with Gasteiger partial charge in [0.15, 0.2) is 3.95 Å². The first-order valence-electron chi connectivity index (χ1n) is 4.52. The van der Waals surface area contributed by atoms with Crippen molar-refractivity contribution in [2.45, 2.75) is 6.42 Å². The Labute approximate surface area is 96.1 Å². The van der Waals surface area contributed by atoms with Gasteiger partial charge >= 0.3 is 0 Å². The highest BCUT2D eigenvalue weighted by Gasteiger charge is 1.99. The first kappa shape index (κ1) is 10.3. The summed E-state index contributed by atoms with van der Waals surface area (Å²) in [6.45, 7) is 0.829. The van der Waals surface area contributed by atoms with Gasteiger partial charge in [0.25, 0.3) is 0 Å². The molecular formula is C8H11N5S2. The van der Waals surface area contributed by atoms with Crippen LogP contribution in [0.15, 0.2) is 12.3 Å². The molecule has 0 aliphatic heterocycles. The van der Waals surface area contributed by atoms with Crippen LogP contribution >= 0.6 is 23.6 Å². The predicted molar refractivity (Wildman–Crippen MR) is 62.7 cm³/mol. The Balaban J connectivity index is 1.85. The van der Waals surface area contributed by atoms with Crippen LogP contribution in [-0.2, 0) is 13.5 Å². The molecule has 80 valence electrons. The van der Waals surface area contributed by atoms with Crippen molar-refractivity contribution in [3.63, 3.8) is 0 Å². The van der Waals surface area contributed by atoms with Gasteiger partial charge < -0.3 is 5.32 Å². The van der Waals surface area contributed by atoms with Gasteiger partial charge in [-0.25, -0.2) is 0 Å². The summed E-state index contributed by atoms with van der Waals surface area (Å²) in [6.07, 6.45) is 2.72. The normalized spacial score (nSPS) is 10.5. The zero-order chi connectivity index (χ0) is 10.7. The summed E-state index contributed by atoms with van der Waals surface area (Å²) in [4.78, 5) is 0. The minimum absolute atomic E-state index is 0.693. The van der Waals surface area contributed by atoms with Gasteiger partial charge in [-0.2, -0.15) is 5.10 Å². The van der Waals surface area contributed by atoms with E-state index in [1.165, 1.54) is 17.0 Å². The lowest BCUT2D eigenvalue weighted by atomic mass is 10.3. The smallest absolute Gasteiger partial charge is 0.204 e. The number of anilines is 1. The molecule has 0 unspecified atom stereocenters. The zero-order valence-corrected chi connectivity index (χ0v) is 9.86. The van der Waals surface area contributed by atoms with Gasteiger partial charge in [-0.1, -0.05) is 11.3 Å². The van der Waals surface area contributed by atoms with Gasteiger partial charge in [0.1, 0.15) is 0 Å². The summed E-state index contributed by atoms with van der Waals surface area (Å²) >= 11 is 6.37. The largest absolute Gasteiger partial charge is 0.360 e. The van der Waals surface area contributed by atoms with Crippen molar-refractivity contribution in [2.24, 2.45) is 7.05 Å². The van der Waals surface area contributed by atoms with Gasteiger partial charge in [0.2, 0.25) is 5.13 Å². The van der Waals surface area contributed by atoms with Crippen molar-refractivity contribution >= 4 is 28.7 Å². The van der Waals surface area contributed by atoms with Crippen LogP contribution in [0, 0.1) is 3.95 Å². The van der Waals surface area contributed by atoms with E-state index in [4.69, 9.17) is 12.2 Å². The quantitative estimate of drug-likeness (QED) is 0.798. The average molecular weight is 241 g/mol. The number of aryl methyl sites for hydroxylation is 1. The molecule has 0 aromatic carbocycles. The van der Waals surface area contributed by atoms with Crippen LogP contribution in [0.1, 0.15) is 5.69 Å². The van der Waals surface area contributed by atoms with Gasteiger partial charge in [0.05, 0.1) is 0 Å². The van der Waals surface area contributed by atoms with E-state index in [1.807, 2.05) is 17.8 Å². The summed E-state index contributed by atoms with van der Waals surface area (Å²) in [7, 11) is 1.94. The second kappa shape index (κ2) is 4.54. The summed E-state index contributed by atoms with van der Waals surface area (Å²) < 4.78 is 2.56. The van der Waals surface area contributed by atoms with Gasteiger partial charge in [-0.3, -0.25) is 9.78 Å². The lowest BCUT2D eigenvalue weighted by Crippen LogP contribution is -2.08. The first-order valence-corrected chi connectivity index (χ1v) is 5.74. The second-order valence-electron chi connectivity index (χ2n) is 3.04. The van der Waals surface area contributed by atoms with E-state index in [0.717, 1.165) is 18.1 Å². The fourth-order valence-electron chi connectivity index (χ4n) is 1.25. The zero-order valence-electron chi connectivity index (χ0n) is 8.23. The molecule has 0 saturated heterocycles. The molecule has 0 amide bonds. The third-order valence-corrected chi connectivity index (χ3v) is 3.06. The van der Waals surface area contributed by atoms with Crippen molar-refractivity contribution in [3.05, 3.63) is 21.9 Å². The van der Waals surface area contributed by atoms with Gasteiger partial charge in [-0.15, -0.1) is 5.10 Å². The number of H-pyrrole nitrogens is 1. The molecule has 0 radical (unpaired) electrons. The maximum atomic E-state index is 4.93. The third kappa shape index (κ3) is 2.63. The van der Waals surface area contributed by atoms with E-state index in [0.29, 0.717) is 3.95 Å². The second-order valence-corrected chi connectivity index (χ2v) is 4.71. The minimum atomic E-state index is 0.693. The van der Waals surface area contributed by atoms with E-state index in [2.05, 4.69) is 20.6 Å². The average Bonchev–Trinajstić information content (AvgIpc) is 2.77. The topological polar surface area (TPSA) is 58.5 Å². The molecule has 0 bridgehead atoms. The molecular weight excluding hydrogens is 230 g/mol.